The number of rotatable bonds is 5. The number of nitrogens with zero attached hydrogens (tertiary/aromatic N) is 2. The van der Waals surface area contributed by atoms with E-state index in [1.54, 1.807) is 20.8 Å². The number of esters is 1. The fourth-order valence-electron chi connectivity index (χ4n) is 2.86. The van der Waals surface area contributed by atoms with Crippen molar-refractivity contribution in [1.82, 2.24) is 15.2 Å². The number of hydrogen-bond donors (Lipinski definition) is 1. The number of nitrogens with one attached hydrogen (secondary N) is 1. The Bertz CT molecular complexity index is 1000. The molecule has 3 rings (SSSR count). The molecule has 2 heterocycles. The maximum atomic E-state index is 13.0. The molecule has 0 unspecified atom stereocenters. The van der Waals surface area contributed by atoms with Gasteiger partial charge in [0, 0.05) is 16.8 Å². The summed E-state index contributed by atoms with van der Waals surface area (Å²) in [5.74, 6) is -0.831. The molecule has 1 atom stereocenters. The highest BCUT2D eigenvalue weighted by Crippen LogP contribution is 2.25. The van der Waals surface area contributed by atoms with E-state index in [2.05, 4.69) is 15.2 Å². The van der Waals surface area contributed by atoms with Crippen LogP contribution in [0.5, 0.6) is 0 Å². The van der Waals surface area contributed by atoms with Crippen molar-refractivity contribution in [3.05, 3.63) is 58.5 Å². The number of ketones is 1. The minimum atomic E-state index is -0.803. The molecule has 0 saturated carbocycles. The van der Waals surface area contributed by atoms with Crippen LogP contribution in [0.2, 0.25) is 0 Å². The molecule has 0 aliphatic rings. The van der Waals surface area contributed by atoms with Crippen molar-refractivity contribution in [2.24, 2.45) is 0 Å². The molecule has 0 fully saturated rings. The van der Waals surface area contributed by atoms with E-state index in [-0.39, 0.29) is 29.1 Å². The van der Waals surface area contributed by atoms with Crippen LogP contribution in [0.25, 0.3) is 11.5 Å². The van der Waals surface area contributed by atoms with Crippen molar-refractivity contribution >= 4 is 11.8 Å². The summed E-state index contributed by atoms with van der Waals surface area (Å²) >= 11 is 0. The zero-order valence-electron chi connectivity index (χ0n) is 15.3. The van der Waals surface area contributed by atoms with Crippen molar-refractivity contribution in [1.29, 1.82) is 0 Å². The second kappa shape index (κ2) is 7.14. The molecule has 0 aliphatic carbocycles. The first-order valence-electron chi connectivity index (χ1n) is 8.28. The first kappa shape index (κ1) is 18.5. The Morgan fingerprint density at radius 1 is 1.19 bits per heavy atom. The van der Waals surface area contributed by atoms with E-state index in [9.17, 15) is 14.0 Å². The molecule has 0 amide bonds. The third-order valence-electron chi connectivity index (χ3n) is 4.16. The minimum absolute atomic E-state index is 0.107. The lowest BCUT2D eigenvalue weighted by Gasteiger charge is -2.09. The number of halogens is 1. The summed E-state index contributed by atoms with van der Waals surface area (Å²) < 4.78 is 23.9. The Labute approximate surface area is 154 Å². The van der Waals surface area contributed by atoms with Crippen LogP contribution in [0.3, 0.4) is 0 Å². The fourth-order valence-corrected chi connectivity index (χ4v) is 2.86. The number of aryl methyl sites for hydroxylation is 1. The lowest BCUT2D eigenvalue weighted by atomic mass is 10.1. The molecule has 0 radical (unpaired) electrons. The lowest BCUT2D eigenvalue weighted by molar-refractivity contribution is 0.0272. The Kier molecular flexibility index (Phi) is 4.89. The molecule has 140 valence electrons. The van der Waals surface area contributed by atoms with Gasteiger partial charge in [-0.2, -0.15) is 0 Å². The number of aromatic nitrogens is 3. The summed E-state index contributed by atoms with van der Waals surface area (Å²) in [6.07, 6.45) is -0.803. The highest BCUT2D eigenvalue weighted by Gasteiger charge is 2.25. The van der Waals surface area contributed by atoms with Gasteiger partial charge in [0.2, 0.25) is 5.89 Å². The summed E-state index contributed by atoms with van der Waals surface area (Å²) in [6, 6.07) is 5.59. The van der Waals surface area contributed by atoms with Gasteiger partial charge < -0.3 is 14.1 Å². The average Bonchev–Trinajstić information content (AvgIpc) is 3.20. The van der Waals surface area contributed by atoms with Crippen molar-refractivity contribution in [3.63, 3.8) is 0 Å². The van der Waals surface area contributed by atoms with Crippen LogP contribution in [-0.4, -0.2) is 26.9 Å². The molecule has 0 bridgehead atoms. The smallest absolute Gasteiger partial charge is 0.355 e. The number of ether oxygens (including phenoxy) is 1. The van der Waals surface area contributed by atoms with Crippen LogP contribution < -0.4 is 0 Å². The predicted molar refractivity (Wildman–Crippen MR) is 93.8 cm³/mol. The maximum Gasteiger partial charge on any atom is 0.355 e. The van der Waals surface area contributed by atoms with Crippen LogP contribution in [0.15, 0.2) is 28.7 Å². The van der Waals surface area contributed by atoms with Crippen LogP contribution in [-0.2, 0) is 4.74 Å². The summed E-state index contributed by atoms with van der Waals surface area (Å²) in [4.78, 5) is 27.0. The highest BCUT2D eigenvalue weighted by atomic mass is 19.1. The number of hydrogen-bond acceptors (Lipinski definition) is 6. The van der Waals surface area contributed by atoms with E-state index in [1.165, 1.54) is 31.2 Å². The third-order valence-corrected chi connectivity index (χ3v) is 4.16. The number of aromatic amines is 1. The van der Waals surface area contributed by atoms with Crippen molar-refractivity contribution in [2.45, 2.75) is 33.8 Å². The van der Waals surface area contributed by atoms with Crippen molar-refractivity contribution in [2.75, 3.05) is 0 Å². The molecule has 27 heavy (non-hydrogen) atoms. The molecule has 1 aromatic carbocycles. The minimum Gasteiger partial charge on any atom is -0.448 e. The molecule has 7 nitrogen and oxygen atoms in total. The first-order chi connectivity index (χ1) is 12.8. The van der Waals surface area contributed by atoms with Gasteiger partial charge in [-0.25, -0.2) is 9.18 Å². The van der Waals surface area contributed by atoms with Crippen molar-refractivity contribution in [3.8, 4) is 11.5 Å². The summed E-state index contributed by atoms with van der Waals surface area (Å²) in [5.41, 5.74) is 2.38. The van der Waals surface area contributed by atoms with Gasteiger partial charge in [-0.05, 0) is 57.5 Å². The van der Waals surface area contributed by atoms with E-state index in [0.717, 1.165) is 0 Å². The lowest BCUT2D eigenvalue weighted by Crippen LogP contribution is -2.11. The van der Waals surface area contributed by atoms with Gasteiger partial charge in [0.1, 0.15) is 11.5 Å². The molecular formula is C19H18FN3O4. The van der Waals surface area contributed by atoms with Gasteiger partial charge in [-0.3, -0.25) is 4.79 Å². The van der Waals surface area contributed by atoms with Gasteiger partial charge in [0.05, 0.1) is 0 Å². The Hall–Kier alpha value is -3.29. The van der Waals surface area contributed by atoms with E-state index in [0.29, 0.717) is 22.4 Å². The molecule has 8 heteroatoms. The van der Waals surface area contributed by atoms with E-state index in [1.807, 2.05) is 0 Å². The zero-order chi connectivity index (χ0) is 19.7. The third kappa shape index (κ3) is 3.64. The molecule has 0 spiro atoms. The standard InChI is InChI=1S/C19H18FN3O4/c1-9-15(11(3)24)10(2)21-16(9)19(25)26-12(4)17-22-23-18(27-17)13-5-7-14(20)8-6-13/h5-8,12,21H,1-4H3/t12-/m0/s1. The quantitative estimate of drug-likeness (QED) is 0.539. The normalized spacial score (nSPS) is 12.0. The predicted octanol–water partition coefficient (Wildman–Crippen LogP) is 3.94. The molecule has 2 aromatic heterocycles. The largest absolute Gasteiger partial charge is 0.448 e. The molecule has 0 saturated heterocycles. The van der Waals surface area contributed by atoms with E-state index in [4.69, 9.17) is 9.15 Å². The summed E-state index contributed by atoms with van der Waals surface area (Å²) in [5, 5.41) is 7.78. The topological polar surface area (TPSA) is 98.1 Å². The number of benzene rings is 1. The van der Waals surface area contributed by atoms with Gasteiger partial charge >= 0.3 is 5.97 Å². The van der Waals surface area contributed by atoms with Gasteiger partial charge in [-0.15, -0.1) is 10.2 Å². The number of carbonyl (C=O) groups excluding carboxylic acids is 2. The van der Waals surface area contributed by atoms with Gasteiger partial charge in [0.25, 0.3) is 5.89 Å². The highest BCUT2D eigenvalue weighted by molar-refractivity contribution is 6.01. The number of Topliss-reactive ketones (excluding diaryl/α,β-unsaturated/α-hetero) is 1. The van der Waals surface area contributed by atoms with Crippen LogP contribution in [0, 0.1) is 19.7 Å². The van der Waals surface area contributed by atoms with Crippen LogP contribution in [0.1, 0.15) is 57.9 Å². The number of H-pyrrole nitrogens is 1. The summed E-state index contributed by atoms with van der Waals surface area (Å²) in [7, 11) is 0. The zero-order valence-corrected chi connectivity index (χ0v) is 15.3. The van der Waals surface area contributed by atoms with E-state index < -0.39 is 12.1 Å². The fraction of sp³-hybridized carbons (Fsp3) is 0.263. The summed E-state index contributed by atoms with van der Waals surface area (Å²) in [6.45, 7) is 6.44. The molecule has 3 aromatic rings. The SMILES string of the molecule is CC(=O)c1c(C)[nH]c(C(=O)O[C@@H](C)c2nnc(-c3ccc(F)cc3)o2)c1C. The average molecular weight is 371 g/mol. The second-order valence-corrected chi connectivity index (χ2v) is 6.18. The van der Waals surface area contributed by atoms with Crippen LogP contribution >= 0.6 is 0 Å². The molecule has 1 N–H and O–H groups in total. The first-order valence-corrected chi connectivity index (χ1v) is 8.28. The van der Waals surface area contributed by atoms with Gasteiger partial charge in [-0.1, -0.05) is 0 Å². The monoisotopic (exact) mass is 371 g/mol. The van der Waals surface area contributed by atoms with Crippen LogP contribution in [0.4, 0.5) is 4.39 Å². The molecular weight excluding hydrogens is 353 g/mol. The number of carbonyl (C=O) groups is 2. The molecule has 0 aliphatic heterocycles. The maximum absolute atomic E-state index is 13.0. The Morgan fingerprint density at radius 2 is 1.85 bits per heavy atom. The second-order valence-electron chi connectivity index (χ2n) is 6.18. The Morgan fingerprint density at radius 3 is 2.44 bits per heavy atom. The Balaban J connectivity index is 1.77. The van der Waals surface area contributed by atoms with Crippen molar-refractivity contribution < 1.29 is 23.1 Å². The van der Waals surface area contributed by atoms with Gasteiger partial charge in [0.15, 0.2) is 11.9 Å². The van der Waals surface area contributed by atoms with E-state index >= 15 is 0 Å².